The molecular weight excluding hydrogens is 320 g/mol. The van der Waals surface area contributed by atoms with Crippen molar-refractivity contribution in [2.24, 2.45) is 0 Å². The van der Waals surface area contributed by atoms with Gasteiger partial charge in [0.25, 0.3) is 0 Å². The second-order valence-electron chi connectivity index (χ2n) is 5.73. The van der Waals surface area contributed by atoms with Crippen molar-refractivity contribution in [1.29, 1.82) is 0 Å². The van der Waals surface area contributed by atoms with E-state index in [0.29, 0.717) is 0 Å². The Labute approximate surface area is 145 Å². The first-order valence-corrected chi connectivity index (χ1v) is 8.37. The van der Waals surface area contributed by atoms with Crippen LogP contribution < -0.4 is 0 Å². The van der Waals surface area contributed by atoms with Crippen LogP contribution in [0.15, 0.2) is 67.3 Å². The van der Waals surface area contributed by atoms with E-state index >= 15 is 0 Å². The van der Waals surface area contributed by atoms with Gasteiger partial charge in [-0.05, 0) is 48.9 Å². The highest BCUT2D eigenvalue weighted by Crippen LogP contribution is 2.23. The first kappa shape index (κ1) is 15.0. The van der Waals surface area contributed by atoms with Gasteiger partial charge in [0.15, 0.2) is 0 Å². The van der Waals surface area contributed by atoms with E-state index < -0.39 is 0 Å². The molecule has 120 valence electrons. The van der Waals surface area contributed by atoms with E-state index in [9.17, 15) is 0 Å². The molecule has 4 aromatic rings. The molecule has 24 heavy (non-hydrogen) atoms. The van der Waals surface area contributed by atoms with Crippen LogP contribution in [0, 0.1) is 0 Å². The van der Waals surface area contributed by atoms with Gasteiger partial charge in [-0.15, -0.1) is 0 Å². The van der Waals surface area contributed by atoms with E-state index in [4.69, 9.17) is 16.6 Å². The Morgan fingerprint density at radius 2 is 1.79 bits per heavy atom. The van der Waals surface area contributed by atoms with Gasteiger partial charge in [0.1, 0.15) is 5.82 Å². The van der Waals surface area contributed by atoms with Crippen LogP contribution in [0.2, 0.25) is 5.02 Å². The third kappa shape index (κ3) is 2.93. The molecule has 0 spiro atoms. The summed E-state index contributed by atoms with van der Waals surface area (Å²) in [6.45, 7) is 0.981. The van der Waals surface area contributed by atoms with E-state index in [1.165, 1.54) is 0 Å². The minimum atomic E-state index is 0.732. The van der Waals surface area contributed by atoms with Gasteiger partial charge in [-0.1, -0.05) is 11.6 Å². The molecule has 5 heteroatoms. The highest BCUT2D eigenvalue weighted by Gasteiger charge is 2.12. The van der Waals surface area contributed by atoms with Gasteiger partial charge in [-0.2, -0.15) is 0 Å². The molecule has 3 aromatic heterocycles. The molecular formula is C19H17ClN4. The topological polar surface area (TPSA) is 35.6 Å². The number of nitrogens with zero attached hydrogens (tertiary/aromatic N) is 4. The molecule has 0 bridgehead atoms. The summed E-state index contributed by atoms with van der Waals surface area (Å²) < 4.78 is 4.37. The summed E-state index contributed by atoms with van der Waals surface area (Å²) in [7, 11) is 0. The lowest BCUT2D eigenvalue weighted by atomic mass is 10.2. The molecule has 3 heterocycles. The normalized spacial score (nSPS) is 11.2. The summed E-state index contributed by atoms with van der Waals surface area (Å²) in [5.74, 6) is 1.05. The van der Waals surface area contributed by atoms with E-state index in [2.05, 4.69) is 38.6 Å². The van der Waals surface area contributed by atoms with E-state index in [0.717, 1.165) is 47.0 Å². The standard InChI is InChI=1S/C19H17ClN4/c20-15-5-7-16(8-6-15)24-18-14-21-10-9-17(18)22-19(24)4-3-13-23-11-1-2-12-23/h1-2,5-12,14H,3-4,13H2. The molecule has 0 saturated carbocycles. The van der Waals surface area contributed by atoms with Gasteiger partial charge in [0.2, 0.25) is 0 Å². The number of aromatic nitrogens is 4. The summed E-state index contributed by atoms with van der Waals surface area (Å²) in [5.41, 5.74) is 3.05. The lowest BCUT2D eigenvalue weighted by molar-refractivity contribution is 0.629. The number of imidazole rings is 1. The van der Waals surface area contributed by atoms with Crippen molar-refractivity contribution in [3.8, 4) is 5.69 Å². The highest BCUT2D eigenvalue weighted by molar-refractivity contribution is 6.30. The molecule has 0 aliphatic heterocycles. The minimum absolute atomic E-state index is 0.732. The van der Waals surface area contributed by atoms with Gasteiger partial charge in [-0.3, -0.25) is 9.55 Å². The van der Waals surface area contributed by atoms with Gasteiger partial charge >= 0.3 is 0 Å². The lowest BCUT2D eigenvalue weighted by Gasteiger charge is -2.09. The molecule has 0 N–H and O–H groups in total. The van der Waals surface area contributed by atoms with E-state index in [-0.39, 0.29) is 0 Å². The Morgan fingerprint density at radius 3 is 2.58 bits per heavy atom. The Morgan fingerprint density at radius 1 is 1.00 bits per heavy atom. The van der Waals surface area contributed by atoms with Crippen LogP contribution >= 0.6 is 11.6 Å². The van der Waals surface area contributed by atoms with Crippen molar-refractivity contribution in [2.75, 3.05) is 0 Å². The molecule has 4 rings (SSSR count). The van der Waals surface area contributed by atoms with Gasteiger partial charge in [0, 0.05) is 42.3 Å². The maximum absolute atomic E-state index is 6.03. The molecule has 4 nitrogen and oxygen atoms in total. The highest BCUT2D eigenvalue weighted by atomic mass is 35.5. The predicted octanol–water partition coefficient (Wildman–Crippen LogP) is 4.51. The van der Waals surface area contributed by atoms with Crippen molar-refractivity contribution in [3.63, 3.8) is 0 Å². The summed E-state index contributed by atoms with van der Waals surface area (Å²) in [6.07, 6.45) is 9.75. The number of hydrogen-bond acceptors (Lipinski definition) is 2. The predicted molar refractivity (Wildman–Crippen MR) is 96.6 cm³/mol. The molecule has 0 aliphatic carbocycles. The summed E-state index contributed by atoms with van der Waals surface area (Å²) in [6, 6.07) is 13.9. The molecule has 0 fully saturated rings. The Bertz CT molecular complexity index is 939. The fourth-order valence-corrected chi connectivity index (χ4v) is 3.08. The first-order chi connectivity index (χ1) is 11.8. The van der Waals surface area contributed by atoms with Crippen molar-refractivity contribution in [3.05, 3.63) is 78.1 Å². The number of hydrogen-bond donors (Lipinski definition) is 0. The third-order valence-corrected chi connectivity index (χ3v) is 4.35. The van der Waals surface area contributed by atoms with Gasteiger partial charge in [0.05, 0.1) is 17.2 Å². The molecule has 0 aliphatic rings. The Balaban J connectivity index is 1.68. The number of halogens is 1. The van der Waals surface area contributed by atoms with Crippen LogP contribution in [0.1, 0.15) is 12.2 Å². The zero-order valence-corrected chi connectivity index (χ0v) is 13.9. The molecule has 0 radical (unpaired) electrons. The fraction of sp³-hybridized carbons (Fsp3) is 0.158. The zero-order chi connectivity index (χ0) is 16.4. The van der Waals surface area contributed by atoms with Crippen LogP contribution in [0.25, 0.3) is 16.7 Å². The lowest BCUT2D eigenvalue weighted by Crippen LogP contribution is -2.04. The SMILES string of the molecule is Clc1ccc(-n2c(CCCn3cccc3)nc3ccncc32)cc1. The fourth-order valence-electron chi connectivity index (χ4n) is 2.96. The number of rotatable bonds is 5. The van der Waals surface area contributed by atoms with Crippen LogP contribution in [-0.4, -0.2) is 19.1 Å². The van der Waals surface area contributed by atoms with Crippen LogP contribution in [0.5, 0.6) is 0 Å². The number of fused-ring (bicyclic) bond motifs is 1. The van der Waals surface area contributed by atoms with Crippen molar-refractivity contribution >= 4 is 22.6 Å². The number of benzene rings is 1. The summed E-state index contributed by atoms with van der Waals surface area (Å²) >= 11 is 6.03. The molecule has 1 aromatic carbocycles. The molecule has 0 atom stereocenters. The Kier molecular flexibility index (Phi) is 4.05. The average Bonchev–Trinajstić information content (AvgIpc) is 3.23. The first-order valence-electron chi connectivity index (χ1n) is 7.99. The number of aryl methyl sites for hydroxylation is 2. The van der Waals surface area contributed by atoms with Crippen LogP contribution in [-0.2, 0) is 13.0 Å². The largest absolute Gasteiger partial charge is 0.354 e. The van der Waals surface area contributed by atoms with E-state index in [1.54, 1.807) is 6.20 Å². The quantitative estimate of drug-likeness (QED) is 0.537. The summed E-state index contributed by atoms with van der Waals surface area (Å²) in [5, 5.41) is 0.732. The van der Waals surface area contributed by atoms with Gasteiger partial charge in [-0.25, -0.2) is 4.98 Å². The molecule has 0 unspecified atom stereocenters. The van der Waals surface area contributed by atoms with Crippen molar-refractivity contribution < 1.29 is 0 Å². The summed E-state index contributed by atoms with van der Waals surface area (Å²) in [4.78, 5) is 9.07. The van der Waals surface area contributed by atoms with Crippen molar-refractivity contribution in [1.82, 2.24) is 19.1 Å². The smallest absolute Gasteiger partial charge is 0.114 e. The van der Waals surface area contributed by atoms with Crippen LogP contribution in [0.3, 0.4) is 0 Å². The average molecular weight is 337 g/mol. The molecule has 0 saturated heterocycles. The van der Waals surface area contributed by atoms with Gasteiger partial charge < -0.3 is 4.57 Å². The maximum Gasteiger partial charge on any atom is 0.114 e. The Hall–Kier alpha value is -2.59. The maximum atomic E-state index is 6.03. The third-order valence-electron chi connectivity index (χ3n) is 4.09. The second kappa shape index (κ2) is 6.49. The molecule has 0 amide bonds. The van der Waals surface area contributed by atoms with Crippen molar-refractivity contribution in [2.45, 2.75) is 19.4 Å². The monoisotopic (exact) mass is 336 g/mol. The number of pyridine rings is 1. The zero-order valence-electron chi connectivity index (χ0n) is 13.1. The van der Waals surface area contributed by atoms with Crippen LogP contribution in [0.4, 0.5) is 0 Å². The minimum Gasteiger partial charge on any atom is -0.354 e. The second-order valence-corrected chi connectivity index (χ2v) is 6.17. The van der Waals surface area contributed by atoms with E-state index in [1.807, 2.05) is 36.5 Å².